The van der Waals surface area contributed by atoms with E-state index in [-0.39, 0.29) is 16.7 Å². The van der Waals surface area contributed by atoms with Gasteiger partial charge >= 0.3 is 17.9 Å². The minimum absolute atomic E-state index is 0.00932. The Balaban J connectivity index is 3.46. The number of carboxylic acid groups (broad SMARTS) is 3. The summed E-state index contributed by atoms with van der Waals surface area (Å²) in [6, 6.07) is 5.18. The van der Waals surface area contributed by atoms with Gasteiger partial charge in [-0.1, -0.05) is 18.2 Å². The van der Waals surface area contributed by atoms with Crippen LogP contribution in [-0.4, -0.2) is 39.1 Å². The molecule has 0 saturated heterocycles. The second kappa shape index (κ2) is 6.84. The first-order valence-electron chi connectivity index (χ1n) is 5.75. The molecule has 0 spiro atoms. The lowest BCUT2D eigenvalue weighted by Crippen LogP contribution is -2.14. The smallest absolute Gasteiger partial charge is 0.336 e. The van der Waals surface area contributed by atoms with E-state index in [1.165, 1.54) is 24.3 Å². The van der Waals surface area contributed by atoms with E-state index in [0.29, 0.717) is 12.2 Å². The molecule has 8 nitrogen and oxygen atoms in total. The Bertz CT molecular complexity index is 658. The monoisotopic (exact) mass is 305 g/mol. The molecule has 8 heteroatoms. The van der Waals surface area contributed by atoms with Crippen molar-refractivity contribution < 1.29 is 34.5 Å². The number of carbonyl (C=O) groups is 4. The highest BCUT2D eigenvalue weighted by Gasteiger charge is 2.16. The molecule has 0 unspecified atom stereocenters. The largest absolute Gasteiger partial charge is 0.478 e. The molecule has 0 bridgehead atoms. The van der Waals surface area contributed by atoms with Crippen LogP contribution in [0.15, 0.2) is 36.4 Å². The molecule has 0 saturated carbocycles. The molecule has 0 heterocycles. The van der Waals surface area contributed by atoms with Crippen LogP contribution in [-0.2, 0) is 19.2 Å². The number of carboxylic acids is 3. The van der Waals surface area contributed by atoms with Gasteiger partial charge in [-0.3, -0.25) is 4.79 Å². The Kier molecular flexibility index (Phi) is 5.17. The molecular formula is C14H11NO7. The van der Waals surface area contributed by atoms with Gasteiger partial charge in [0.05, 0.1) is 11.1 Å². The Morgan fingerprint density at radius 2 is 1.32 bits per heavy atom. The number of primary amides is 1. The zero-order chi connectivity index (χ0) is 16.9. The number of hydrogen-bond acceptors (Lipinski definition) is 4. The van der Waals surface area contributed by atoms with Crippen molar-refractivity contribution in [3.05, 3.63) is 47.5 Å². The maximum Gasteiger partial charge on any atom is 0.336 e. The molecular weight excluding hydrogens is 294 g/mol. The number of hydrogen-bond donors (Lipinski definition) is 4. The summed E-state index contributed by atoms with van der Waals surface area (Å²) in [5.41, 5.74) is 4.28. The lowest BCUT2D eigenvalue weighted by Gasteiger charge is -2.07. The van der Waals surface area contributed by atoms with Gasteiger partial charge in [0, 0.05) is 12.2 Å². The fourth-order valence-corrected chi connectivity index (χ4v) is 1.67. The average Bonchev–Trinajstić information content (AvgIpc) is 2.41. The Morgan fingerprint density at radius 3 is 1.73 bits per heavy atom. The second-order valence-electron chi connectivity index (χ2n) is 4.04. The Morgan fingerprint density at radius 1 is 0.864 bits per heavy atom. The van der Waals surface area contributed by atoms with Crippen molar-refractivity contribution >= 4 is 35.0 Å². The number of rotatable bonds is 6. The van der Waals surface area contributed by atoms with E-state index >= 15 is 0 Å². The van der Waals surface area contributed by atoms with Crippen LogP contribution in [0.25, 0.3) is 11.1 Å². The summed E-state index contributed by atoms with van der Waals surface area (Å²) in [5.74, 6) is -5.36. The third-order valence-electron chi connectivity index (χ3n) is 2.52. The van der Waals surface area contributed by atoms with Crippen LogP contribution in [0, 0.1) is 0 Å². The summed E-state index contributed by atoms with van der Waals surface area (Å²) in [4.78, 5) is 43.7. The van der Waals surface area contributed by atoms with Gasteiger partial charge in [-0.25, -0.2) is 14.4 Å². The van der Waals surface area contributed by atoms with Crippen molar-refractivity contribution in [3.63, 3.8) is 0 Å². The highest BCUT2D eigenvalue weighted by atomic mass is 16.4. The molecule has 0 fully saturated rings. The topological polar surface area (TPSA) is 155 Å². The number of benzene rings is 1. The second-order valence-corrected chi connectivity index (χ2v) is 4.04. The molecule has 0 aromatic heterocycles. The predicted octanol–water partition coefficient (Wildman–Crippen LogP) is 0.192. The van der Waals surface area contributed by atoms with Gasteiger partial charge in [-0.2, -0.15) is 0 Å². The molecule has 22 heavy (non-hydrogen) atoms. The Hall–Kier alpha value is -3.42. The van der Waals surface area contributed by atoms with Crippen molar-refractivity contribution in [1.29, 1.82) is 0 Å². The fourth-order valence-electron chi connectivity index (χ4n) is 1.67. The molecule has 0 atom stereocenters. The van der Waals surface area contributed by atoms with Crippen LogP contribution in [0.1, 0.15) is 11.1 Å². The molecule has 0 aliphatic carbocycles. The van der Waals surface area contributed by atoms with Gasteiger partial charge in [-0.05, 0) is 17.2 Å². The van der Waals surface area contributed by atoms with Crippen LogP contribution >= 0.6 is 0 Å². The summed E-state index contributed by atoms with van der Waals surface area (Å²) in [6.45, 7) is 0. The SMILES string of the molecule is NC(=O)/C(=C\C(=O)O)c1cccc(/C(=C/C(=O)O)C(=O)O)c1. The van der Waals surface area contributed by atoms with E-state index in [2.05, 4.69) is 0 Å². The van der Waals surface area contributed by atoms with Gasteiger partial charge in [0.1, 0.15) is 0 Å². The fraction of sp³-hybridized carbons (Fsp3) is 0. The molecule has 0 aliphatic heterocycles. The minimum Gasteiger partial charge on any atom is -0.478 e. The molecule has 1 aromatic rings. The number of nitrogens with two attached hydrogens (primary N) is 1. The Labute approximate surface area is 123 Å². The normalized spacial score (nSPS) is 11.8. The van der Waals surface area contributed by atoms with Gasteiger partial charge in [0.2, 0.25) is 5.91 Å². The van der Waals surface area contributed by atoms with Gasteiger partial charge < -0.3 is 21.1 Å². The molecule has 5 N–H and O–H groups in total. The van der Waals surface area contributed by atoms with Crippen molar-refractivity contribution in [2.24, 2.45) is 5.73 Å². The molecule has 1 aromatic carbocycles. The van der Waals surface area contributed by atoms with Crippen LogP contribution < -0.4 is 5.73 Å². The van der Waals surface area contributed by atoms with Crippen LogP contribution in [0.3, 0.4) is 0 Å². The van der Waals surface area contributed by atoms with Crippen molar-refractivity contribution in [2.75, 3.05) is 0 Å². The van der Waals surface area contributed by atoms with Crippen LogP contribution in [0.4, 0.5) is 0 Å². The van der Waals surface area contributed by atoms with E-state index in [1.807, 2.05) is 0 Å². The summed E-state index contributed by atoms with van der Waals surface area (Å²) < 4.78 is 0. The van der Waals surface area contributed by atoms with E-state index in [9.17, 15) is 19.2 Å². The molecule has 0 aliphatic rings. The van der Waals surface area contributed by atoms with Crippen molar-refractivity contribution in [3.8, 4) is 0 Å². The quantitative estimate of drug-likeness (QED) is 0.547. The first kappa shape index (κ1) is 16.6. The predicted molar refractivity (Wildman–Crippen MR) is 74.5 cm³/mol. The number of aliphatic carboxylic acids is 3. The van der Waals surface area contributed by atoms with E-state index in [1.54, 1.807) is 0 Å². The van der Waals surface area contributed by atoms with Gasteiger partial charge in [0.15, 0.2) is 0 Å². The highest BCUT2D eigenvalue weighted by molar-refractivity contribution is 6.23. The summed E-state index contributed by atoms with van der Waals surface area (Å²) in [7, 11) is 0. The van der Waals surface area contributed by atoms with Gasteiger partial charge in [0.25, 0.3) is 0 Å². The number of carbonyl (C=O) groups excluding carboxylic acids is 1. The van der Waals surface area contributed by atoms with Crippen LogP contribution in [0.2, 0.25) is 0 Å². The lowest BCUT2D eigenvalue weighted by atomic mass is 9.98. The zero-order valence-electron chi connectivity index (χ0n) is 11.0. The standard InChI is InChI=1S/C14H11NO7/c15-13(20)9(5-11(16)17)7-2-1-3-8(4-7)10(14(21)22)6-12(18)19/h1-6H,(H2,15,20)(H,16,17)(H,18,19)(H,21,22)/b9-5-,10-6-. The molecule has 1 rings (SSSR count). The lowest BCUT2D eigenvalue weighted by molar-refractivity contribution is -0.133. The maximum atomic E-state index is 11.3. The first-order chi connectivity index (χ1) is 10.2. The zero-order valence-corrected chi connectivity index (χ0v) is 11.0. The summed E-state index contributed by atoms with van der Waals surface area (Å²) >= 11 is 0. The van der Waals surface area contributed by atoms with Crippen molar-refractivity contribution in [2.45, 2.75) is 0 Å². The summed E-state index contributed by atoms with van der Waals surface area (Å²) in [6.07, 6.45) is 1.08. The minimum atomic E-state index is -1.48. The third kappa shape index (κ3) is 4.30. The van der Waals surface area contributed by atoms with E-state index in [0.717, 1.165) is 0 Å². The molecule has 0 radical (unpaired) electrons. The molecule has 1 amide bonds. The van der Waals surface area contributed by atoms with Crippen molar-refractivity contribution in [1.82, 2.24) is 0 Å². The van der Waals surface area contributed by atoms with E-state index in [4.69, 9.17) is 21.1 Å². The average molecular weight is 305 g/mol. The first-order valence-corrected chi connectivity index (χ1v) is 5.75. The van der Waals surface area contributed by atoms with Gasteiger partial charge in [-0.15, -0.1) is 0 Å². The highest BCUT2D eigenvalue weighted by Crippen LogP contribution is 2.21. The number of amides is 1. The van der Waals surface area contributed by atoms with Crippen LogP contribution in [0.5, 0.6) is 0 Å². The maximum absolute atomic E-state index is 11.3. The van der Waals surface area contributed by atoms with E-state index < -0.39 is 29.4 Å². The third-order valence-corrected chi connectivity index (χ3v) is 2.52. The summed E-state index contributed by atoms with van der Waals surface area (Å²) in [5, 5.41) is 26.4. The molecule has 114 valence electrons.